The average Bonchev–Trinajstić information content (AvgIpc) is 2.54. The monoisotopic (exact) mass is 286 g/mol. The van der Waals surface area contributed by atoms with Crippen LogP contribution in [0.15, 0.2) is 36.5 Å². The van der Waals surface area contributed by atoms with Crippen LogP contribution in [0, 0.1) is 0 Å². The first-order valence-corrected chi connectivity index (χ1v) is 6.81. The molecule has 2 heterocycles. The minimum absolute atomic E-state index is 0.0632. The van der Waals surface area contributed by atoms with Gasteiger partial charge in [0.05, 0.1) is 14.2 Å². The lowest BCUT2D eigenvalue weighted by molar-refractivity contribution is 0.160. The van der Waals surface area contributed by atoms with Crippen LogP contribution in [-0.2, 0) is 0 Å². The van der Waals surface area contributed by atoms with Crippen molar-refractivity contribution in [3.63, 3.8) is 0 Å². The molecule has 0 fully saturated rings. The zero-order valence-corrected chi connectivity index (χ0v) is 12.1. The van der Waals surface area contributed by atoms with Gasteiger partial charge in [-0.05, 0) is 12.1 Å². The second-order valence-electron chi connectivity index (χ2n) is 4.99. The van der Waals surface area contributed by atoms with E-state index < -0.39 is 0 Å². The van der Waals surface area contributed by atoms with Gasteiger partial charge in [0.2, 0.25) is 5.88 Å². The number of nitrogens with zero attached hydrogens (tertiary/aromatic N) is 1. The van der Waals surface area contributed by atoms with Gasteiger partial charge < -0.3 is 19.9 Å². The molecule has 0 radical (unpaired) electrons. The normalized spacial score (nSPS) is 20.3. The molecule has 1 aromatic heterocycles. The summed E-state index contributed by atoms with van der Waals surface area (Å²) < 4.78 is 16.4. The number of nitrogens with two attached hydrogens (primary N) is 1. The standard InChI is InChI=1S/C16H18N2O3/c1-19-11-4-5-12-13(17)8-14(21-15(12)7-11)10-3-6-16(20-2)18-9-10/h3-7,9,13-14H,8,17H2,1-2H3/t13-,14?/m1/s1. The first kappa shape index (κ1) is 13.7. The zero-order chi connectivity index (χ0) is 14.8. The van der Waals surface area contributed by atoms with Crippen LogP contribution in [0.2, 0.25) is 0 Å². The number of hydrogen-bond donors (Lipinski definition) is 1. The largest absolute Gasteiger partial charge is 0.497 e. The number of ether oxygens (including phenoxy) is 3. The Hall–Kier alpha value is -2.27. The number of rotatable bonds is 3. The Labute approximate surface area is 123 Å². The molecule has 1 aliphatic rings. The first-order valence-electron chi connectivity index (χ1n) is 6.81. The molecule has 2 atom stereocenters. The number of aromatic nitrogens is 1. The average molecular weight is 286 g/mol. The number of fused-ring (bicyclic) bond motifs is 1. The number of benzene rings is 1. The molecule has 0 amide bonds. The molecule has 0 bridgehead atoms. The van der Waals surface area contributed by atoms with Gasteiger partial charge in [0.25, 0.3) is 0 Å². The summed E-state index contributed by atoms with van der Waals surface area (Å²) in [6, 6.07) is 9.45. The van der Waals surface area contributed by atoms with E-state index in [1.54, 1.807) is 20.4 Å². The number of methoxy groups -OCH3 is 2. The Bertz CT molecular complexity index is 628. The molecule has 2 N–H and O–H groups in total. The van der Waals surface area contributed by atoms with Gasteiger partial charge in [-0.3, -0.25) is 0 Å². The van der Waals surface area contributed by atoms with Crippen LogP contribution in [-0.4, -0.2) is 19.2 Å². The van der Waals surface area contributed by atoms with Crippen molar-refractivity contribution in [3.8, 4) is 17.4 Å². The van der Waals surface area contributed by atoms with Crippen molar-refractivity contribution in [1.29, 1.82) is 0 Å². The maximum absolute atomic E-state index is 6.26. The second kappa shape index (κ2) is 5.61. The third-order valence-electron chi connectivity index (χ3n) is 3.70. The van der Waals surface area contributed by atoms with Crippen LogP contribution in [0.3, 0.4) is 0 Å². The summed E-state index contributed by atoms with van der Waals surface area (Å²) >= 11 is 0. The first-order chi connectivity index (χ1) is 10.2. The summed E-state index contributed by atoms with van der Waals surface area (Å²) in [5.41, 5.74) is 8.25. The van der Waals surface area contributed by atoms with E-state index in [0.717, 1.165) is 22.6 Å². The van der Waals surface area contributed by atoms with E-state index in [1.807, 2.05) is 30.3 Å². The van der Waals surface area contributed by atoms with Crippen molar-refractivity contribution >= 4 is 0 Å². The predicted molar refractivity (Wildman–Crippen MR) is 78.7 cm³/mol. The molecule has 1 aromatic carbocycles. The topological polar surface area (TPSA) is 66.6 Å². The van der Waals surface area contributed by atoms with Crippen molar-refractivity contribution in [2.75, 3.05) is 14.2 Å². The molecule has 110 valence electrons. The minimum Gasteiger partial charge on any atom is -0.497 e. The van der Waals surface area contributed by atoms with Crippen LogP contribution < -0.4 is 19.9 Å². The molecular weight excluding hydrogens is 268 g/mol. The number of hydrogen-bond acceptors (Lipinski definition) is 5. The zero-order valence-electron chi connectivity index (χ0n) is 12.1. The lowest BCUT2D eigenvalue weighted by atomic mass is 9.94. The van der Waals surface area contributed by atoms with E-state index in [0.29, 0.717) is 12.3 Å². The Morgan fingerprint density at radius 1 is 1.19 bits per heavy atom. The maximum Gasteiger partial charge on any atom is 0.212 e. The fraction of sp³-hybridized carbons (Fsp3) is 0.312. The molecule has 0 spiro atoms. The van der Waals surface area contributed by atoms with E-state index in [4.69, 9.17) is 19.9 Å². The highest BCUT2D eigenvalue weighted by molar-refractivity contribution is 5.44. The predicted octanol–water partition coefficient (Wildman–Crippen LogP) is 2.62. The van der Waals surface area contributed by atoms with Crippen molar-refractivity contribution in [2.45, 2.75) is 18.6 Å². The summed E-state index contributed by atoms with van der Waals surface area (Å²) in [7, 11) is 3.23. The van der Waals surface area contributed by atoms with Crippen molar-refractivity contribution < 1.29 is 14.2 Å². The van der Waals surface area contributed by atoms with Crippen LogP contribution in [0.1, 0.15) is 29.7 Å². The molecule has 0 saturated carbocycles. The minimum atomic E-state index is -0.113. The van der Waals surface area contributed by atoms with Gasteiger partial charge in [-0.25, -0.2) is 4.98 Å². The van der Waals surface area contributed by atoms with Crippen molar-refractivity contribution in [1.82, 2.24) is 4.98 Å². The Balaban J connectivity index is 1.89. The molecule has 1 unspecified atom stereocenters. The SMILES string of the molecule is COc1ccc2c(c1)OC(c1ccc(OC)nc1)C[C@H]2N. The molecule has 5 nitrogen and oxygen atoms in total. The fourth-order valence-corrected chi connectivity index (χ4v) is 2.52. The fourth-order valence-electron chi connectivity index (χ4n) is 2.52. The quantitative estimate of drug-likeness (QED) is 0.939. The van der Waals surface area contributed by atoms with Gasteiger partial charge >= 0.3 is 0 Å². The van der Waals surface area contributed by atoms with Crippen LogP contribution in [0.4, 0.5) is 0 Å². The van der Waals surface area contributed by atoms with E-state index >= 15 is 0 Å². The highest BCUT2D eigenvalue weighted by Gasteiger charge is 2.27. The molecule has 5 heteroatoms. The van der Waals surface area contributed by atoms with Gasteiger partial charge in [0.15, 0.2) is 0 Å². The highest BCUT2D eigenvalue weighted by Crippen LogP contribution is 2.41. The van der Waals surface area contributed by atoms with E-state index in [1.165, 1.54) is 0 Å². The lowest BCUT2D eigenvalue weighted by Crippen LogP contribution is -2.24. The molecule has 1 aliphatic heterocycles. The summed E-state index contributed by atoms with van der Waals surface area (Å²) in [5.74, 6) is 2.12. The van der Waals surface area contributed by atoms with Gasteiger partial charge in [0, 0.05) is 41.9 Å². The van der Waals surface area contributed by atoms with Gasteiger partial charge in [-0.1, -0.05) is 6.07 Å². The van der Waals surface area contributed by atoms with Gasteiger partial charge in [-0.15, -0.1) is 0 Å². The van der Waals surface area contributed by atoms with Crippen LogP contribution >= 0.6 is 0 Å². The van der Waals surface area contributed by atoms with Crippen molar-refractivity contribution in [2.24, 2.45) is 5.73 Å². The Morgan fingerprint density at radius 3 is 2.71 bits per heavy atom. The second-order valence-corrected chi connectivity index (χ2v) is 4.99. The number of pyridine rings is 1. The molecular formula is C16H18N2O3. The van der Waals surface area contributed by atoms with Gasteiger partial charge in [-0.2, -0.15) is 0 Å². The Morgan fingerprint density at radius 2 is 2.05 bits per heavy atom. The molecule has 0 aliphatic carbocycles. The highest BCUT2D eigenvalue weighted by atomic mass is 16.5. The van der Waals surface area contributed by atoms with E-state index in [9.17, 15) is 0 Å². The summed E-state index contributed by atoms with van der Waals surface area (Å²) in [6.07, 6.45) is 2.37. The Kier molecular flexibility index (Phi) is 3.66. The smallest absolute Gasteiger partial charge is 0.212 e. The molecule has 0 saturated heterocycles. The lowest BCUT2D eigenvalue weighted by Gasteiger charge is -2.30. The van der Waals surface area contributed by atoms with E-state index in [2.05, 4.69) is 4.98 Å². The molecule has 21 heavy (non-hydrogen) atoms. The summed E-state index contributed by atoms with van der Waals surface area (Å²) in [6.45, 7) is 0. The van der Waals surface area contributed by atoms with Gasteiger partial charge in [0.1, 0.15) is 17.6 Å². The molecule has 3 rings (SSSR count). The third-order valence-corrected chi connectivity index (χ3v) is 3.70. The van der Waals surface area contributed by atoms with E-state index in [-0.39, 0.29) is 12.1 Å². The summed E-state index contributed by atoms with van der Waals surface area (Å²) in [5, 5.41) is 0. The van der Waals surface area contributed by atoms with Crippen molar-refractivity contribution in [3.05, 3.63) is 47.7 Å². The summed E-state index contributed by atoms with van der Waals surface area (Å²) in [4.78, 5) is 4.22. The maximum atomic E-state index is 6.26. The van der Waals surface area contributed by atoms with Crippen LogP contribution in [0.5, 0.6) is 17.4 Å². The van der Waals surface area contributed by atoms with Crippen LogP contribution in [0.25, 0.3) is 0 Å². The third kappa shape index (κ3) is 2.64. The molecule has 2 aromatic rings.